The van der Waals surface area contributed by atoms with Gasteiger partial charge in [0.15, 0.2) is 6.10 Å². The zero-order valence-corrected chi connectivity index (χ0v) is 20.9. The van der Waals surface area contributed by atoms with E-state index >= 15 is 0 Å². The first-order valence-corrected chi connectivity index (χ1v) is 14.4. The second-order valence-corrected chi connectivity index (χ2v) is 18.0. The van der Waals surface area contributed by atoms with E-state index in [4.69, 9.17) is 22.4 Å². The van der Waals surface area contributed by atoms with Gasteiger partial charge >= 0.3 is 23.1 Å². The molecular weight excluding hydrogens is 392 g/mol. The number of rotatable bonds is 5. The summed E-state index contributed by atoms with van der Waals surface area (Å²) < 4.78 is 32.1. The molecule has 28 heavy (non-hydrogen) atoms. The molecule has 0 saturated carbocycles. The van der Waals surface area contributed by atoms with Crippen LogP contribution in [0.2, 0.25) is 22.2 Å². The lowest BCUT2D eigenvalue weighted by Gasteiger charge is -2.53. The molecule has 0 amide bonds. The Labute approximate surface area is 172 Å². The number of ether oxygens (including phenoxy) is 2. The molecule has 2 aliphatic rings. The zero-order chi connectivity index (χ0) is 21.3. The highest BCUT2D eigenvalue weighted by Crippen LogP contribution is 2.46. The molecule has 0 spiro atoms. The van der Waals surface area contributed by atoms with Crippen molar-refractivity contribution < 1.29 is 27.2 Å². The second-order valence-electron chi connectivity index (χ2n) is 9.13. The van der Waals surface area contributed by atoms with E-state index in [9.17, 15) is 4.79 Å². The number of carbonyl (C=O) groups excluding carboxylic acids is 1. The molecule has 0 N–H and O–H groups in total. The average molecular weight is 431 g/mol. The molecule has 8 heteroatoms. The summed E-state index contributed by atoms with van der Waals surface area (Å²) in [5.41, 5.74) is 0.979. The van der Waals surface area contributed by atoms with E-state index in [2.05, 4.69) is 55.4 Å². The van der Waals surface area contributed by atoms with Crippen molar-refractivity contribution in [3.8, 4) is 0 Å². The number of carbonyl (C=O) groups is 1. The van der Waals surface area contributed by atoms with Crippen molar-refractivity contribution in [1.82, 2.24) is 0 Å². The molecule has 1 fully saturated rings. The molecule has 0 aliphatic carbocycles. The monoisotopic (exact) mass is 430 g/mol. The Balaban J connectivity index is 2.55. The average Bonchev–Trinajstić information content (AvgIpc) is 2.55. The largest absolute Gasteiger partial charge is 0.493 e. The first kappa shape index (κ1) is 23.6. The van der Waals surface area contributed by atoms with Gasteiger partial charge in [0, 0.05) is 6.92 Å². The quantitative estimate of drug-likeness (QED) is 0.462. The summed E-state index contributed by atoms with van der Waals surface area (Å²) >= 11 is 0. The van der Waals surface area contributed by atoms with E-state index in [1.54, 1.807) is 12.3 Å². The van der Waals surface area contributed by atoms with Crippen LogP contribution in [0.1, 0.15) is 62.3 Å². The summed E-state index contributed by atoms with van der Waals surface area (Å²) in [6.07, 6.45) is 2.09. The first-order valence-electron chi connectivity index (χ1n) is 10.5. The van der Waals surface area contributed by atoms with Crippen LogP contribution in [0.5, 0.6) is 0 Å². The minimum atomic E-state index is -2.75. The fourth-order valence-electron chi connectivity index (χ4n) is 4.34. The molecular formula is C20H38O6Si2. The SMILES string of the molecule is CC(=O)O[C@H]1C=CO[C@@H]2CO[Si](C(C)C)(C(C)C)O[Si](C(C)C)(C(C)C)O[C@@H]12. The van der Waals surface area contributed by atoms with Gasteiger partial charge < -0.3 is 22.4 Å². The van der Waals surface area contributed by atoms with Crippen LogP contribution in [-0.4, -0.2) is 48.0 Å². The van der Waals surface area contributed by atoms with Gasteiger partial charge in [-0.3, -0.25) is 4.79 Å². The summed E-state index contributed by atoms with van der Waals surface area (Å²) in [4.78, 5) is 11.7. The molecule has 3 atom stereocenters. The van der Waals surface area contributed by atoms with Crippen LogP contribution >= 0.6 is 0 Å². The molecule has 162 valence electrons. The number of esters is 1. The van der Waals surface area contributed by atoms with Crippen LogP contribution in [-0.2, 0) is 27.2 Å². The molecule has 2 heterocycles. The lowest BCUT2D eigenvalue weighted by atomic mass is 10.1. The third kappa shape index (κ3) is 4.40. The smallest absolute Gasteiger partial charge is 0.335 e. The van der Waals surface area contributed by atoms with Gasteiger partial charge in [-0.1, -0.05) is 55.4 Å². The minimum Gasteiger partial charge on any atom is -0.493 e. The molecule has 0 radical (unpaired) electrons. The predicted octanol–water partition coefficient (Wildman–Crippen LogP) is 4.79. The van der Waals surface area contributed by atoms with Gasteiger partial charge in [0.2, 0.25) is 0 Å². The molecule has 2 rings (SSSR count). The first-order chi connectivity index (χ1) is 13.0. The van der Waals surface area contributed by atoms with Gasteiger partial charge in [0.05, 0.1) is 12.9 Å². The van der Waals surface area contributed by atoms with E-state index < -0.39 is 29.3 Å². The fourth-order valence-corrected chi connectivity index (χ4v) is 15.5. The highest BCUT2D eigenvalue weighted by molar-refractivity contribution is 6.83. The minimum absolute atomic E-state index is 0.211. The van der Waals surface area contributed by atoms with Gasteiger partial charge in [-0.05, 0) is 28.2 Å². The van der Waals surface area contributed by atoms with Crippen molar-refractivity contribution in [2.45, 2.75) is 103 Å². The van der Waals surface area contributed by atoms with Crippen molar-refractivity contribution in [3.05, 3.63) is 12.3 Å². The Hall–Kier alpha value is -0.676. The highest BCUT2D eigenvalue weighted by atomic mass is 28.5. The van der Waals surface area contributed by atoms with Crippen LogP contribution in [0.25, 0.3) is 0 Å². The third-order valence-corrected chi connectivity index (χ3v) is 16.1. The molecule has 2 aliphatic heterocycles. The predicted molar refractivity (Wildman–Crippen MR) is 113 cm³/mol. The molecule has 6 nitrogen and oxygen atoms in total. The summed E-state index contributed by atoms with van der Waals surface area (Å²) in [5.74, 6) is -0.336. The van der Waals surface area contributed by atoms with Crippen LogP contribution in [0.3, 0.4) is 0 Å². The van der Waals surface area contributed by atoms with Gasteiger partial charge in [0.1, 0.15) is 12.2 Å². The summed E-state index contributed by atoms with van der Waals surface area (Å²) in [5, 5.41) is 0. The maximum Gasteiger partial charge on any atom is 0.335 e. The van der Waals surface area contributed by atoms with Gasteiger partial charge in [-0.15, -0.1) is 0 Å². The molecule has 0 unspecified atom stereocenters. The van der Waals surface area contributed by atoms with E-state index in [1.807, 2.05) is 0 Å². The summed E-state index contributed by atoms with van der Waals surface area (Å²) in [6, 6.07) is 0. The van der Waals surface area contributed by atoms with Gasteiger partial charge in [-0.2, -0.15) is 0 Å². The van der Waals surface area contributed by atoms with E-state index in [1.165, 1.54) is 6.92 Å². The Morgan fingerprint density at radius 3 is 1.96 bits per heavy atom. The Kier molecular flexibility index (Phi) is 7.58. The van der Waals surface area contributed by atoms with E-state index in [0.717, 1.165) is 0 Å². The molecule has 0 bridgehead atoms. The van der Waals surface area contributed by atoms with Crippen molar-refractivity contribution in [2.75, 3.05) is 6.61 Å². The van der Waals surface area contributed by atoms with Crippen LogP contribution < -0.4 is 0 Å². The van der Waals surface area contributed by atoms with Crippen LogP contribution in [0.4, 0.5) is 0 Å². The molecule has 0 aromatic heterocycles. The van der Waals surface area contributed by atoms with Gasteiger partial charge in [0.25, 0.3) is 0 Å². The summed E-state index contributed by atoms with van der Waals surface area (Å²) in [7, 11) is -5.34. The van der Waals surface area contributed by atoms with Gasteiger partial charge in [-0.25, -0.2) is 0 Å². The van der Waals surface area contributed by atoms with E-state index in [0.29, 0.717) is 6.61 Å². The lowest BCUT2D eigenvalue weighted by Crippen LogP contribution is -2.67. The number of hydrogen-bond donors (Lipinski definition) is 0. The maximum atomic E-state index is 11.7. The maximum absolute atomic E-state index is 11.7. The normalized spacial score (nSPS) is 29.4. The Morgan fingerprint density at radius 2 is 1.50 bits per heavy atom. The highest BCUT2D eigenvalue weighted by Gasteiger charge is 2.60. The van der Waals surface area contributed by atoms with Crippen LogP contribution in [0.15, 0.2) is 12.3 Å². The van der Waals surface area contributed by atoms with Crippen molar-refractivity contribution in [2.24, 2.45) is 0 Å². The number of hydrogen-bond acceptors (Lipinski definition) is 6. The van der Waals surface area contributed by atoms with Crippen LogP contribution in [0, 0.1) is 0 Å². The fraction of sp³-hybridized carbons (Fsp3) is 0.850. The topological polar surface area (TPSA) is 63.2 Å². The molecule has 0 aromatic carbocycles. The van der Waals surface area contributed by atoms with E-state index in [-0.39, 0.29) is 34.2 Å². The van der Waals surface area contributed by atoms with Crippen molar-refractivity contribution in [1.29, 1.82) is 0 Å². The van der Waals surface area contributed by atoms with Crippen molar-refractivity contribution in [3.63, 3.8) is 0 Å². The molecule has 1 saturated heterocycles. The standard InChI is InChI=1S/C20H38O6Si2/c1-13(2)27(14(3)4)23-12-19-20(18(10-11-22-19)24-17(9)21)25-28(26-27,15(5)6)16(7)8/h10-11,13-16,18-20H,12H2,1-9H3/t18-,19+,20-/m0/s1. The second kappa shape index (κ2) is 8.99. The third-order valence-electron chi connectivity index (χ3n) is 5.85. The Morgan fingerprint density at radius 1 is 0.964 bits per heavy atom. The number of fused-ring (bicyclic) bond motifs is 1. The zero-order valence-electron chi connectivity index (χ0n) is 18.9. The summed E-state index contributed by atoms with van der Waals surface area (Å²) in [6.45, 7) is 19.2. The van der Waals surface area contributed by atoms with Crippen molar-refractivity contribution >= 4 is 23.1 Å². The Bertz CT molecular complexity index is 559. The molecule has 0 aromatic rings. The lowest BCUT2D eigenvalue weighted by molar-refractivity contribution is -0.157.